The first-order chi connectivity index (χ1) is 10.0. The lowest BCUT2D eigenvalue weighted by atomic mass is 10.0. The van der Waals surface area contributed by atoms with Crippen molar-refractivity contribution in [3.63, 3.8) is 0 Å². The lowest BCUT2D eigenvalue weighted by Crippen LogP contribution is -2.45. The first kappa shape index (κ1) is 13.3. The molecule has 2 heterocycles. The van der Waals surface area contributed by atoms with Gasteiger partial charge in [0.2, 0.25) is 5.88 Å². The number of hydrogen-bond donors (Lipinski definition) is 2. The number of carbonyl (C=O) groups is 2. The second kappa shape index (κ2) is 4.71. The fourth-order valence-electron chi connectivity index (χ4n) is 2.56. The highest BCUT2D eigenvalue weighted by molar-refractivity contribution is 5.98. The van der Waals surface area contributed by atoms with Crippen LogP contribution in [0.5, 0.6) is 5.88 Å². The molecule has 1 aromatic heterocycles. The van der Waals surface area contributed by atoms with Crippen LogP contribution in [-0.2, 0) is 9.59 Å². The number of nitrogens with zero attached hydrogens (tertiary/aromatic N) is 2. The summed E-state index contributed by atoms with van der Waals surface area (Å²) in [6.07, 6.45) is -0.0217. The summed E-state index contributed by atoms with van der Waals surface area (Å²) in [4.78, 5) is 35.4. The number of benzene rings is 1. The van der Waals surface area contributed by atoms with Crippen LogP contribution in [-0.4, -0.2) is 31.8 Å². The molecular weight excluding hydrogens is 276 g/mol. The first-order valence-corrected chi connectivity index (χ1v) is 6.39. The quantitative estimate of drug-likeness (QED) is 0.597. The van der Waals surface area contributed by atoms with Gasteiger partial charge in [-0.25, -0.2) is 0 Å². The number of amides is 2. The number of aromatic hydroxyl groups is 1. The average Bonchev–Trinajstić information content (AvgIpc) is 2.47. The smallest absolute Gasteiger partial charge is 0.276 e. The van der Waals surface area contributed by atoms with Gasteiger partial charge in [0.1, 0.15) is 6.04 Å². The third-order valence-corrected chi connectivity index (χ3v) is 3.62. The average molecular weight is 288 g/mol. The van der Waals surface area contributed by atoms with Gasteiger partial charge >= 0.3 is 0 Å². The largest absolute Gasteiger partial charge is 0.494 e. The van der Waals surface area contributed by atoms with E-state index >= 15 is 0 Å². The molecule has 0 radical (unpaired) electrons. The summed E-state index contributed by atoms with van der Waals surface area (Å²) in [6, 6.07) is 6.93. The Hall–Kier alpha value is -2.67. The van der Waals surface area contributed by atoms with Crippen molar-refractivity contribution in [1.82, 2.24) is 9.63 Å². The zero-order valence-electron chi connectivity index (χ0n) is 10.9. The van der Waals surface area contributed by atoms with Crippen LogP contribution >= 0.6 is 0 Å². The highest BCUT2D eigenvalue weighted by Gasteiger charge is 2.36. The lowest BCUT2D eigenvalue weighted by molar-refractivity contribution is -0.186. The topological polar surface area (TPSA) is 99.8 Å². The standard InChI is InChI=1S/C14H12N2O5/c17-11-6-5-10(14(20)16(11)21)15-12(18)7-8-3-1-2-4-9(8)13(15)19/h1-4,7,10,19,21H,5-6H2. The van der Waals surface area contributed by atoms with Crippen molar-refractivity contribution in [2.24, 2.45) is 0 Å². The zero-order chi connectivity index (χ0) is 15.1. The molecule has 2 amide bonds. The van der Waals surface area contributed by atoms with E-state index < -0.39 is 23.4 Å². The Morgan fingerprint density at radius 1 is 1.14 bits per heavy atom. The number of aromatic nitrogens is 1. The number of rotatable bonds is 1. The van der Waals surface area contributed by atoms with E-state index in [0.29, 0.717) is 10.8 Å². The molecule has 1 saturated heterocycles. The molecule has 0 aliphatic carbocycles. The second-order valence-electron chi connectivity index (χ2n) is 4.86. The summed E-state index contributed by atoms with van der Waals surface area (Å²) in [5, 5.41) is 20.7. The second-order valence-corrected chi connectivity index (χ2v) is 4.86. The van der Waals surface area contributed by atoms with Crippen molar-refractivity contribution in [3.05, 3.63) is 40.7 Å². The molecule has 1 aromatic carbocycles. The summed E-state index contributed by atoms with van der Waals surface area (Å²) < 4.78 is 0.917. The number of piperidine rings is 1. The molecule has 1 fully saturated rings. The van der Waals surface area contributed by atoms with Crippen molar-refractivity contribution in [1.29, 1.82) is 0 Å². The third kappa shape index (κ3) is 1.98. The predicted octanol–water partition coefficient (Wildman–Crippen LogP) is 0.786. The Morgan fingerprint density at radius 2 is 1.86 bits per heavy atom. The minimum atomic E-state index is -1.09. The first-order valence-electron chi connectivity index (χ1n) is 6.39. The van der Waals surface area contributed by atoms with Gasteiger partial charge in [0.25, 0.3) is 17.4 Å². The maximum absolute atomic E-state index is 12.2. The highest BCUT2D eigenvalue weighted by atomic mass is 16.5. The molecule has 2 aromatic rings. The van der Waals surface area contributed by atoms with E-state index in [4.69, 9.17) is 0 Å². The minimum Gasteiger partial charge on any atom is -0.494 e. The fraction of sp³-hybridized carbons (Fsp3) is 0.214. The molecule has 1 aliphatic rings. The van der Waals surface area contributed by atoms with E-state index in [9.17, 15) is 24.7 Å². The minimum absolute atomic E-state index is 0.00916. The van der Waals surface area contributed by atoms with Crippen molar-refractivity contribution >= 4 is 22.6 Å². The number of carbonyl (C=O) groups excluding carboxylic acids is 2. The van der Waals surface area contributed by atoms with Gasteiger partial charge in [0.15, 0.2) is 0 Å². The van der Waals surface area contributed by atoms with Crippen molar-refractivity contribution in [3.8, 4) is 5.88 Å². The van der Waals surface area contributed by atoms with Crippen molar-refractivity contribution in [2.45, 2.75) is 18.9 Å². The van der Waals surface area contributed by atoms with Crippen LogP contribution in [0.25, 0.3) is 10.8 Å². The highest BCUT2D eigenvalue weighted by Crippen LogP contribution is 2.29. The molecule has 3 rings (SSSR count). The van der Waals surface area contributed by atoms with E-state index in [1.54, 1.807) is 24.3 Å². The SMILES string of the molecule is O=C1CCC(n2c(O)c3ccccc3cc2=O)C(=O)N1O. The normalized spacial score (nSPS) is 19.3. The van der Waals surface area contributed by atoms with E-state index in [1.807, 2.05) is 0 Å². The molecule has 1 unspecified atom stereocenters. The number of hydroxylamine groups is 2. The maximum atomic E-state index is 12.2. The summed E-state index contributed by atoms with van der Waals surface area (Å²) in [5.74, 6) is -1.98. The van der Waals surface area contributed by atoms with Crippen molar-refractivity contribution in [2.75, 3.05) is 0 Å². The Labute approximate surface area is 118 Å². The summed E-state index contributed by atoms with van der Waals surface area (Å²) in [5.41, 5.74) is -0.563. The van der Waals surface area contributed by atoms with Gasteiger partial charge in [-0.15, -0.1) is 0 Å². The monoisotopic (exact) mass is 288 g/mol. The van der Waals surface area contributed by atoms with Gasteiger partial charge in [-0.3, -0.25) is 24.2 Å². The molecule has 1 aliphatic heterocycles. The van der Waals surface area contributed by atoms with Crippen LogP contribution in [0, 0.1) is 0 Å². The van der Waals surface area contributed by atoms with Crippen LogP contribution in [0.4, 0.5) is 0 Å². The van der Waals surface area contributed by atoms with Crippen LogP contribution in [0.3, 0.4) is 0 Å². The molecule has 2 N–H and O–H groups in total. The van der Waals surface area contributed by atoms with E-state index in [0.717, 1.165) is 4.57 Å². The van der Waals surface area contributed by atoms with Crippen LogP contribution < -0.4 is 5.56 Å². The van der Waals surface area contributed by atoms with E-state index in [1.165, 1.54) is 6.07 Å². The third-order valence-electron chi connectivity index (χ3n) is 3.62. The fourth-order valence-corrected chi connectivity index (χ4v) is 2.56. The van der Waals surface area contributed by atoms with Gasteiger partial charge in [-0.05, 0) is 17.9 Å². The van der Waals surface area contributed by atoms with Crippen LogP contribution in [0.1, 0.15) is 18.9 Å². The summed E-state index contributed by atoms with van der Waals surface area (Å²) >= 11 is 0. The molecule has 108 valence electrons. The van der Waals surface area contributed by atoms with Crippen LogP contribution in [0.15, 0.2) is 35.1 Å². The Morgan fingerprint density at radius 3 is 2.62 bits per heavy atom. The van der Waals surface area contributed by atoms with E-state index in [2.05, 4.69) is 0 Å². The zero-order valence-corrected chi connectivity index (χ0v) is 10.9. The summed E-state index contributed by atoms with van der Waals surface area (Å²) in [6.45, 7) is 0. The predicted molar refractivity (Wildman–Crippen MR) is 71.8 cm³/mol. The van der Waals surface area contributed by atoms with Gasteiger partial charge in [-0.1, -0.05) is 18.2 Å². The molecule has 0 spiro atoms. The Balaban J connectivity index is 2.19. The Kier molecular flexibility index (Phi) is 2.99. The molecule has 7 heteroatoms. The maximum Gasteiger partial charge on any atom is 0.276 e. The molecule has 1 atom stereocenters. The summed E-state index contributed by atoms with van der Waals surface area (Å²) in [7, 11) is 0. The van der Waals surface area contributed by atoms with Gasteiger partial charge < -0.3 is 5.11 Å². The van der Waals surface area contributed by atoms with Crippen LogP contribution in [0.2, 0.25) is 0 Å². The molecular formula is C14H12N2O5. The number of imide groups is 1. The molecule has 0 saturated carbocycles. The number of fused-ring (bicyclic) bond motifs is 1. The van der Waals surface area contributed by atoms with Gasteiger partial charge in [0, 0.05) is 17.9 Å². The van der Waals surface area contributed by atoms with E-state index in [-0.39, 0.29) is 23.8 Å². The Bertz CT molecular complexity index is 811. The number of pyridine rings is 1. The van der Waals surface area contributed by atoms with Gasteiger partial charge in [-0.2, -0.15) is 5.06 Å². The molecule has 21 heavy (non-hydrogen) atoms. The van der Waals surface area contributed by atoms with Crippen molar-refractivity contribution < 1.29 is 19.9 Å². The molecule has 7 nitrogen and oxygen atoms in total. The lowest BCUT2D eigenvalue weighted by Gasteiger charge is -2.27. The van der Waals surface area contributed by atoms with Gasteiger partial charge in [0.05, 0.1) is 0 Å². The number of hydrogen-bond acceptors (Lipinski definition) is 5. The molecule has 0 bridgehead atoms.